The zero-order valence-electron chi connectivity index (χ0n) is 11.6. The molecule has 0 amide bonds. The Labute approximate surface area is 118 Å². The number of nitrogens with zero attached hydrogens (tertiary/aromatic N) is 5. The molecule has 0 aliphatic carbocycles. The number of hydrogen-bond acceptors (Lipinski definition) is 5. The Hall–Kier alpha value is -1.79. The van der Waals surface area contributed by atoms with Gasteiger partial charge in [-0.25, -0.2) is 9.67 Å². The summed E-state index contributed by atoms with van der Waals surface area (Å²) in [5.41, 5.74) is 0.968. The first kappa shape index (κ1) is 13.2. The van der Waals surface area contributed by atoms with Gasteiger partial charge in [0.15, 0.2) is 0 Å². The minimum Gasteiger partial charge on any atom is -0.383 e. The molecule has 106 valence electrons. The summed E-state index contributed by atoms with van der Waals surface area (Å²) in [4.78, 5) is 11.0. The van der Waals surface area contributed by atoms with Crippen LogP contribution in [0.4, 0.5) is 0 Å². The highest BCUT2D eigenvalue weighted by atomic mass is 16.5. The predicted octanol–water partition coefficient (Wildman–Crippen LogP) is 1.10. The fourth-order valence-corrected chi connectivity index (χ4v) is 2.67. The third-order valence-corrected chi connectivity index (χ3v) is 3.71. The molecule has 0 spiro atoms. The second kappa shape index (κ2) is 6.11. The maximum atomic E-state index is 5.14. The summed E-state index contributed by atoms with van der Waals surface area (Å²) in [6.45, 7) is 3.87. The van der Waals surface area contributed by atoms with Crippen LogP contribution in [0, 0.1) is 0 Å². The Kier molecular flexibility index (Phi) is 4.03. The molecule has 0 N–H and O–H groups in total. The van der Waals surface area contributed by atoms with E-state index in [1.54, 1.807) is 19.6 Å². The molecular weight excluding hydrogens is 254 g/mol. The third kappa shape index (κ3) is 2.71. The van der Waals surface area contributed by atoms with Crippen molar-refractivity contribution in [1.29, 1.82) is 0 Å². The topological polar surface area (TPSA) is 56.1 Å². The zero-order chi connectivity index (χ0) is 13.8. The van der Waals surface area contributed by atoms with E-state index < -0.39 is 0 Å². The van der Waals surface area contributed by atoms with Gasteiger partial charge in [0.25, 0.3) is 0 Å². The van der Waals surface area contributed by atoms with Gasteiger partial charge in [0, 0.05) is 32.3 Å². The molecule has 0 unspecified atom stereocenters. The molecule has 3 heterocycles. The van der Waals surface area contributed by atoms with E-state index in [4.69, 9.17) is 4.74 Å². The van der Waals surface area contributed by atoms with Crippen molar-refractivity contribution in [3.05, 3.63) is 36.7 Å². The van der Waals surface area contributed by atoms with Crippen LogP contribution in [-0.2, 0) is 4.74 Å². The second-order valence-corrected chi connectivity index (χ2v) is 5.02. The van der Waals surface area contributed by atoms with Crippen LogP contribution in [-0.4, -0.2) is 58.0 Å². The fraction of sp³-hybridized carbons (Fsp3) is 0.500. The lowest BCUT2D eigenvalue weighted by molar-refractivity contribution is 0.160. The second-order valence-electron chi connectivity index (χ2n) is 5.02. The number of aromatic nitrogens is 4. The first-order chi connectivity index (χ1) is 9.88. The molecule has 6 nitrogen and oxygen atoms in total. The fourth-order valence-electron chi connectivity index (χ4n) is 2.67. The highest BCUT2D eigenvalue weighted by molar-refractivity contribution is 5.28. The number of rotatable bonds is 5. The maximum absolute atomic E-state index is 5.14. The largest absolute Gasteiger partial charge is 0.383 e. The molecule has 6 heteroatoms. The summed E-state index contributed by atoms with van der Waals surface area (Å²) in [6.07, 6.45) is 6.32. The van der Waals surface area contributed by atoms with E-state index in [1.165, 1.54) is 0 Å². The van der Waals surface area contributed by atoms with Crippen LogP contribution in [0.5, 0.6) is 0 Å². The lowest BCUT2D eigenvalue weighted by Gasteiger charge is -2.15. The van der Waals surface area contributed by atoms with Gasteiger partial charge < -0.3 is 9.64 Å². The first-order valence-electron chi connectivity index (χ1n) is 6.90. The summed E-state index contributed by atoms with van der Waals surface area (Å²) in [5.74, 6) is 1.45. The summed E-state index contributed by atoms with van der Waals surface area (Å²) in [6, 6.07) is 3.92. The van der Waals surface area contributed by atoms with E-state index in [1.807, 2.05) is 23.0 Å². The Balaban J connectivity index is 1.75. The van der Waals surface area contributed by atoms with Crippen molar-refractivity contribution in [2.75, 3.05) is 33.4 Å². The molecule has 1 aliphatic rings. The highest BCUT2D eigenvalue weighted by Crippen LogP contribution is 2.26. The first-order valence-corrected chi connectivity index (χ1v) is 6.90. The van der Waals surface area contributed by atoms with Gasteiger partial charge in [0.1, 0.15) is 12.2 Å². The quantitative estimate of drug-likeness (QED) is 0.816. The molecule has 0 saturated carbocycles. The molecule has 2 aromatic heterocycles. The standard InChI is InChI=1S/C14H19N5O/c1-20-8-7-18-6-4-12(10-18)14-16-11-17-19(14)13-3-2-5-15-9-13/h2-3,5,9,11-12H,4,6-8,10H2,1H3/t12-/m1/s1. The van der Waals surface area contributed by atoms with Crippen molar-refractivity contribution in [1.82, 2.24) is 24.6 Å². The SMILES string of the molecule is COCCN1CC[C@@H](c2ncnn2-c2cccnc2)C1. The van der Waals surface area contributed by atoms with Gasteiger partial charge >= 0.3 is 0 Å². The molecule has 0 aromatic carbocycles. The van der Waals surface area contributed by atoms with Crippen LogP contribution in [0.15, 0.2) is 30.9 Å². The molecular formula is C14H19N5O. The zero-order valence-corrected chi connectivity index (χ0v) is 11.6. The number of hydrogen-bond donors (Lipinski definition) is 0. The van der Waals surface area contributed by atoms with E-state index in [-0.39, 0.29) is 0 Å². The van der Waals surface area contributed by atoms with Crippen LogP contribution in [0.3, 0.4) is 0 Å². The van der Waals surface area contributed by atoms with Gasteiger partial charge in [0.2, 0.25) is 0 Å². The number of pyridine rings is 1. The van der Waals surface area contributed by atoms with Crippen molar-refractivity contribution in [3.63, 3.8) is 0 Å². The Morgan fingerprint density at radius 3 is 3.20 bits per heavy atom. The van der Waals surface area contributed by atoms with Crippen LogP contribution < -0.4 is 0 Å². The van der Waals surface area contributed by atoms with E-state index >= 15 is 0 Å². The van der Waals surface area contributed by atoms with Crippen LogP contribution in [0.1, 0.15) is 18.2 Å². The Bertz CT molecular complexity index is 542. The van der Waals surface area contributed by atoms with Gasteiger partial charge in [-0.2, -0.15) is 5.10 Å². The van der Waals surface area contributed by atoms with Crippen LogP contribution in [0.25, 0.3) is 5.69 Å². The van der Waals surface area contributed by atoms with Crippen molar-refractivity contribution in [2.45, 2.75) is 12.3 Å². The highest BCUT2D eigenvalue weighted by Gasteiger charge is 2.27. The van der Waals surface area contributed by atoms with Crippen molar-refractivity contribution >= 4 is 0 Å². The van der Waals surface area contributed by atoms with Crippen molar-refractivity contribution in [3.8, 4) is 5.69 Å². The average Bonchev–Trinajstić information content (AvgIpc) is 3.14. The van der Waals surface area contributed by atoms with Gasteiger partial charge in [-0.15, -0.1) is 0 Å². The molecule has 1 atom stereocenters. The van der Waals surface area contributed by atoms with Crippen molar-refractivity contribution < 1.29 is 4.74 Å². The summed E-state index contributed by atoms with van der Waals surface area (Å²) in [7, 11) is 1.74. The normalized spacial score (nSPS) is 19.6. The van der Waals surface area contributed by atoms with E-state index in [0.29, 0.717) is 5.92 Å². The molecule has 0 radical (unpaired) electrons. The monoisotopic (exact) mass is 273 g/mol. The van der Waals surface area contributed by atoms with Crippen LogP contribution >= 0.6 is 0 Å². The van der Waals surface area contributed by atoms with Gasteiger partial charge in [-0.05, 0) is 25.1 Å². The lowest BCUT2D eigenvalue weighted by Crippen LogP contribution is -2.25. The number of methoxy groups -OCH3 is 1. The summed E-state index contributed by atoms with van der Waals surface area (Å²) >= 11 is 0. The Morgan fingerprint density at radius 2 is 2.40 bits per heavy atom. The molecule has 0 bridgehead atoms. The molecule has 3 rings (SSSR count). The van der Waals surface area contributed by atoms with Gasteiger partial charge in [0.05, 0.1) is 18.5 Å². The number of ether oxygens (including phenoxy) is 1. The lowest BCUT2D eigenvalue weighted by atomic mass is 10.1. The third-order valence-electron chi connectivity index (χ3n) is 3.71. The van der Waals surface area contributed by atoms with Gasteiger partial charge in [-0.1, -0.05) is 0 Å². The van der Waals surface area contributed by atoms with E-state index in [9.17, 15) is 0 Å². The minimum atomic E-state index is 0.426. The molecule has 1 saturated heterocycles. The molecule has 20 heavy (non-hydrogen) atoms. The molecule has 1 fully saturated rings. The van der Waals surface area contributed by atoms with E-state index in [2.05, 4.69) is 20.0 Å². The van der Waals surface area contributed by atoms with Crippen molar-refractivity contribution in [2.24, 2.45) is 0 Å². The van der Waals surface area contributed by atoms with Crippen LogP contribution in [0.2, 0.25) is 0 Å². The Morgan fingerprint density at radius 1 is 1.45 bits per heavy atom. The van der Waals surface area contributed by atoms with Gasteiger partial charge in [-0.3, -0.25) is 4.98 Å². The minimum absolute atomic E-state index is 0.426. The molecule has 1 aliphatic heterocycles. The summed E-state index contributed by atoms with van der Waals surface area (Å²) < 4.78 is 7.04. The molecule has 2 aromatic rings. The van der Waals surface area contributed by atoms with E-state index in [0.717, 1.165) is 44.2 Å². The number of likely N-dealkylation sites (tertiary alicyclic amines) is 1. The average molecular weight is 273 g/mol. The predicted molar refractivity (Wildman–Crippen MR) is 74.8 cm³/mol. The summed E-state index contributed by atoms with van der Waals surface area (Å²) in [5, 5.41) is 4.34. The smallest absolute Gasteiger partial charge is 0.138 e. The maximum Gasteiger partial charge on any atom is 0.138 e.